The lowest BCUT2D eigenvalue weighted by atomic mass is 9.96. The van der Waals surface area contributed by atoms with Crippen molar-refractivity contribution in [3.63, 3.8) is 0 Å². The first-order valence-corrected chi connectivity index (χ1v) is 13.6. The molecule has 3 unspecified atom stereocenters. The lowest BCUT2D eigenvalue weighted by molar-refractivity contribution is -0.143. The zero-order valence-corrected chi connectivity index (χ0v) is 22.2. The monoisotopic (exact) mass is 621 g/mol. The number of benzene rings is 2. The van der Waals surface area contributed by atoms with Crippen molar-refractivity contribution >= 4 is 21.8 Å². The average molecular weight is 622 g/mol. The van der Waals surface area contributed by atoms with Crippen LogP contribution in [0.5, 0.6) is 0 Å². The highest BCUT2D eigenvalue weighted by atomic mass is 32.2. The summed E-state index contributed by atoms with van der Waals surface area (Å²) in [5.41, 5.74) is -4.75. The van der Waals surface area contributed by atoms with Crippen molar-refractivity contribution < 1.29 is 53.3 Å². The highest BCUT2D eigenvalue weighted by Crippen LogP contribution is 2.43. The largest absolute Gasteiger partial charge is 0.439 e. The molecule has 1 saturated heterocycles. The minimum Gasteiger partial charge on any atom is -0.439 e. The Morgan fingerprint density at radius 2 is 1.43 bits per heavy atom. The topological polar surface area (TPSA) is 46.6 Å². The van der Waals surface area contributed by atoms with E-state index in [1.165, 1.54) is 6.92 Å². The summed E-state index contributed by atoms with van der Waals surface area (Å²) in [6.07, 6.45) is -9.20. The molecule has 0 bridgehead atoms. The van der Waals surface area contributed by atoms with E-state index in [0.717, 1.165) is 23.1 Å². The molecule has 2 aromatic rings. The Morgan fingerprint density at radius 3 is 2.00 bits per heavy atom. The number of alkyl halides is 9. The van der Waals surface area contributed by atoms with Crippen molar-refractivity contribution in [3.05, 3.63) is 100 Å². The van der Waals surface area contributed by atoms with Gasteiger partial charge in [0.25, 0.3) is 0 Å². The van der Waals surface area contributed by atoms with Crippen molar-refractivity contribution in [3.8, 4) is 0 Å². The Labute approximate surface area is 235 Å². The van der Waals surface area contributed by atoms with Crippen LogP contribution < -0.4 is 0 Å². The first kappa shape index (κ1) is 29.9. The summed E-state index contributed by atoms with van der Waals surface area (Å²) in [6, 6.07) is 2.37. The maximum atomic E-state index is 13.6. The molecule has 5 rings (SSSR count). The minimum atomic E-state index is -5.14. The highest BCUT2D eigenvalue weighted by molar-refractivity contribution is 7.95. The molecule has 0 radical (unpaired) electrons. The van der Waals surface area contributed by atoms with Crippen LogP contribution in [0.1, 0.15) is 46.4 Å². The highest BCUT2D eigenvalue weighted by Gasteiger charge is 2.44. The summed E-state index contributed by atoms with van der Waals surface area (Å²) in [5.74, 6) is -0.273. The van der Waals surface area contributed by atoms with Gasteiger partial charge in [0.05, 0.1) is 45.3 Å². The van der Waals surface area contributed by atoms with Crippen LogP contribution in [0.2, 0.25) is 0 Å². The molecule has 1 amide bonds. The van der Waals surface area contributed by atoms with Crippen molar-refractivity contribution in [2.45, 2.75) is 49.4 Å². The van der Waals surface area contributed by atoms with Crippen LogP contribution in [-0.4, -0.2) is 26.5 Å². The lowest BCUT2D eigenvalue weighted by Crippen LogP contribution is -2.32. The molecule has 1 aliphatic carbocycles. The van der Waals surface area contributed by atoms with E-state index in [0.29, 0.717) is 12.1 Å². The Balaban J connectivity index is 1.52. The Morgan fingerprint density at radius 1 is 0.833 bits per heavy atom. The van der Waals surface area contributed by atoms with Gasteiger partial charge in [0.15, 0.2) is 0 Å². The fourth-order valence-electron chi connectivity index (χ4n) is 5.18. The van der Waals surface area contributed by atoms with Crippen molar-refractivity contribution in [1.82, 2.24) is 4.90 Å². The molecule has 1 fully saturated rings. The number of amides is 1. The zero-order valence-electron chi connectivity index (χ0n) is 21.3. The quantitative estimate of drug-likeness (QED) is 0.325. The maximum Gasteiger partial charge on any atom is 0.416 e. The molecule has 3 aliphatic rings. The van der Waals surface area contributed by atoms with Gasteiger partial charge >= 0.3 is 24.6 Å². The van der Waals surface area contributed by atoms with E-state index in [4.69, 9.17) is 4.74 Å². The van der Waals surface area contributed by atoms with Gasteiger partial charge in [0, 0.05) is 10.8 Å². The molecule has 0 N–H and O–H groups in total. The first-order chi connectivity index (χ1) is 19.4. The number of carbonyl (C=O) groups is 1. The smallest absolute Gasteiger partial charge is 0.416 e. The third kappa shape index (κ3) is 5.60. The predicted octanol–water partition coefficient (Wildman–Crippen LogP) is 8.04. The maximum absolute atomic E-state index is 13.6. The summed E-state index contributed by atoms with van der Waals surface area (Å²) in [4.78, 5) is 14.0. The van der Waals surface area contributed by atoms with Gasteiger partial charge in [-0.2, -0.15) is 39.5 Å². The second kappa shape index (κ2) is 10.3. The molecule has 224 valence electrons. The Bertz CT molecular complexity index is 1510. The second-order valence-electron chi connectivity index (χ2n) is 10.0. The number of ether oxygens (including phenoxy) is 1. The number of halogens is 9. The molecule has 14 heteroatoms. The fraction of sp³-hybridized carbons (Fsp3) is 0.321. The second-order valence-corrected chi connectivity index (χ2v) is 11.6. The summed E-state index contributed by atoms with van der Waals surface area (Å²) in [7, 11) is -1.65. The van der Waals surface area contributed by atoms with Crippen LogP contribution in [0.25, 0.3) is 4.91 Å². The SMILES string of the molecule is C[C@H]1[C@@H](c2cc(C(F)(F)F)cc(C(F)(F)F)c2)OC(=O)N1Cc1cc(C(F)(F)F)ccc1C1=CC2C=CC=CC2S1=O. The summed E-state index contributed by atoms with van der Waals surface area (Å²) >= 11 is 0. The molecule has 4 nitrogen and oxygen atoms in total. The van der Waals surface area contributed by atoms with Gasteiger partial charge in [-0.3, -0.25) is 9.11 Å². The summed E-state index contributed by atoms with van der Waals surface area (Å²) in [5, 5.41) is -0.441. The van der Waals surface area contributed by atoms with Crippen LogP contribution >= 0.6 is 0 Å². The normalized spacial score (nSPS) is 26.0. The van der Waals surface area contributed by atoms with E-state index in [1.54, 1.807) is 30.4 Å². The Kier molecular flexibility index (Phi) is 7.35. The van der Waals surface area contributed by atoms with E-state index >= 15 is 0 Å². The van der Waals surface area contributed by atoms with Gasteiger partial charge in [0.1, 0.15) is 6.10 Å². The van der Waals surface area contributed by atoms with Crippen molar-refractivity contribution in [2.24, 2.45) is 5.92 Å². The standard InChI is InChI=1S/C28H20F9NO3S/c1-14-24(16-8-19(27(32,33)34)12-20(9-16)28(35,36)37)41-25(39)38(14)13-17-10-18(26(29,30)31)6-7-21(17)23-11-15-4-2-3-5-22(15)42(23)40/h2-12,14-15,22,24H,13H2,1H3/t14-,15?,22?,24-,42?/m0/s1. The average Bonchev–Trinajstić information content (AvgIpc) is 3.38. The van der Waals surface area contributed by atoms with Gasteiger partial charge in [-0.05, 0) is 53.9 Å². The van der Waals surface area contributed by atoms with Gasteiger partial charge in [-0.1, -0.05) is 36.4 Å². The number of hydrogen-bond acceptors (Lipinski definition) is 3. The van der Waals surface area contributed by atoms with Crippen molar-refractivity contribution in [2.75, 3.05) is 0 Å². The number of cyclic esters (lactones) is 1. The van der Waals surface area contributed by atoms with E-state index in [1.807, 2.05) is 0 Å². The number of nitrogens with zero attached hydrogens (tertiary/aromatic N) is 1. The van der Waals surface area contributed by atoms with E-state index in [2.05, 4.69) is 0 Å². The van der Waals surface area contributed by atoms with Crippen LogP contribution in [0.4, 0.5) is 44.3 Å². The number of rotatable bonds is 4. The molecule has 0 spiro atoms. The first-order valence-electron chi connectivity index (χ1n) is 12.4. The van der Waals surface area contributed by atoms with E-state index in [-0.39, 0.29) is 28.0 Å². The fourth-order valence-corrected chi connectivity index (χ4v) is 6.87. The van der Waals surface area contributed by atoms with Crippen LogP contribution in [0, 0.1) is 5.92 Å². The van der Waals surface area contributed by atoms with Gasteiger partial charge in [-0.25, -0.2) is 4.79 Å². The van der Waals surface area contributed by atoms with Gasteiger partial charge in [0.2, 0.25) is 0 Å². The van der Waals surface area contributed by atoms with Crippen molar-refractivity contribution in [1.29, 1.82) is 0 Å². The molecule has 2 aromatic carbocycles. The zero-order chi connectivity index (χ0) is 30.8. The number of hydrogen-bond donors (Lipinski definition) is 0. The molecule has 0 aromatic heterocycles. The molecule has 0 saturated carbocycles. The number of allylic oxidation sites excluding steroid dienone is 4. The number of carbonyl (C=O) groups excluding carboxylic acids is 1. The van der Waals surface area contributed by atoms with Crippen LogP contribution in [-0.2, 0) is 40.6 Å². The molecule has 42 heavy (non-hydrogen) atoms. The van der Waals surface area contributed by atoms with Crippen LogP contribution in [0.3, 0.4) is 0 Å². The molecule has 2 aliphatic heterocycles. The van der Waals surface area contributed by atoms with Crippen LogP contribution in [0.15, 0.2) is 66.8 Å². The molecule has 2 heterocycles. The summed E-state index contributed by atoms with van der Waals surface area (Å²) < 4.78 is 140. The van der Waals surface area contributed by atoms with Gasteiger partial charge < -0.3 is 4.74 Å². The third-order valence-corrected chi connectivity index (χ3v) is 9.06. The lowest BCUT2D eigenvalue weighted by Gasteiger charge is -2.24. The number of fused-ring (bicyclic) bond motifs is 1. The Hall–Kier alpha value is -3.55. The predicted molar refractivity (Wildman–Crippen MR) is 134 cm³/mol. The minimum absolute atomic E-state index is 0.0605. The molecule has 5 atom stereocenters. The summed E-state index contributed by atoms with van der Waals surface area (Å²) in [6.45, 7) is 0.754. The molecular formula is C28H20F9NO3S. The van der Waals surface area contributed by atoms with E-state index < -0.39 is 81.6 Å². The van der Waals surface area contributed by atoms with E-state index in [9.17, 15) is 48.5 Å². The molecular weight excluding hydrogens is 601 g/mol. The third-order valence-electron chi connectivity index (χ3n) is 7.30. The van der Waals surface area contributed by atoms with Gasteiger partial charge in [-0.15, -0.1) is 0 Å².